The number of fused-ring (bicyclic) bond motifs is 12. The fourth-order valence-electron chi connectivity index (χ4n) is 10.3. The van der Waals surface area contributed by atoms with E-state index in [1.807, 2.05) is 60.8 Å². The van der Waals surface area contributed by atoms with Gasteiger partial charge in [-0.25, -0.2) is 19.9 Å². The first kappa shape index (κ1) is 38.8. The lowest BCUT2D eigenvalue weighted by atomic mass is 9.91. The topological polar surface area (TPSA) is 77.6 Å². The number of furan rings is 1. The standard InChI is InChI=1S/C63H37N5O/c1-3-16-38(17-4-1)46-28-15-29-57-58(46)54-36-41(30-31-56(54)69-57)62-66-61(39-18-5-2-6-19-39)67-63(68-62)44-33-42(53-35-40-20-7-8-21-45(40)47-22-9-10-25-50(47)53)32-43(34-44)55-37-64-59-51-26-13-11-23-48(51)49-24-12-14-27-52(49)60(59)65-55/h1-37H. The molecule has 0 spiro atoms. The van der Waals surface area contributed by atoms with Crippen molar-refractivity contribution < 1.29 is 4.42 Å². The van der Waals surface area contributed by atoms with Gasteiger partial charge >= 0.3 is 0 Å². The van der Waals surface area contributed by atoms with Crippen LogP contribution in [0.25, 0.3) is 144 Å². The van der Waals surface area contributed by atoms with Gasteiger partial charge in [0.15, 0.2) is 17.5 Å². The van der Waals surface area contributed by atoms with Crippen molar-refractivity contribution in [3.05, 3.63) is 225 Å². The molecule has 0 bridgehead atoms. The minimum Gasteiger partial charge on any atom is -0.456 e. The molecule has 0 aliphatic heterocycles. The van der Waals surface area contributed by atoms with E-state index in [4.69, 9.17) is 29.3 Å². The van der Waals surface area contributed by atoms with Gasteiger partial charge in [0.25, 0.3) is 0 Å². The Bertz CT molecular complexity index is 4340. The Balaban J connectivity index is 1.02. The third-order valence-electron chi connectivity index (χ3n) is 13.5. The molecule has 0 saturated heterocycles. The second-order valence-electron chi connectivity index (χ2n) is 17.6. The highest BCUT2D eigenvalue weighted by Gasteiger charge is 2.20. The number of hydrogen-bond donors (Lipinski definition) is 0. The zero-order valence-corrected chi connectivity index (χ0v) is 37.0. The molecule has 0 saturated carbocycles. The van der Waals surface area contributed by atoms with Crippen LogP contribution in [0, 0.1) is 0 Å². The second-order valence-corrected chi connectivity index (χ2v) is 17.6. The fourth-order valence-corrected chi connectivity index (χ4v) is 10.3. The Hall–Kier alpha value is -9.39. The zero-order chi connectivity index (χ0) is 45.4. The molecule has 0 unspecified atom stereocenters. The lowest BCUT2D eigenvalue weighted by Crippen LogP contribution is -2.01. The van der Waals surface area contributed by atoms with Crippen molar-refractivity contribution in [3.8, 4) is 67.7 Å². The molecule has 0 aliphatic carbocycles. The highest BCUT2D eigenvalue weighted by Crippen LogP contribution is 2.42. The van der Waals surface area contributed by atoms with Crippen LogP contribution in [0.1, 0.15) is 0 Å². The predicted octanol–water partition coefficient (Wildman–Crippen LogP) is 16.3. The van der Waals surface area contributed by atoms with Crippen molar-refractivity contribution in [2.45, 2.75) is 0 Å². The molecule has 3 aromatic heterocycles. The molecule has 69 heavy (non-hydrogen) atoms. The van der Waals surface area contributed by atoms with Crippen molar-refractivity contribution in [1.82, 2.24) is 24.9 Å². The van der Waals surface area contributed by atoms with Crippen LogP contribution in [0.3, 0.4) is 0 Å². The number of hydrogen-bond acceptors (Lipinski definition) is 6. The summed E-state index contributed by atoms with van der Waals surface area (Å²) in [4.78, 5) is 26.5. The van der Waals surface area contributed by atoms with Crippen LogP contribution in [-0.4, -0.2) is 24.9 Å². The van der Waals surface area contributed by atoms with E-state index in [2.05, 4.69) is 164 Å². The van der Waals surface area contributed by atoms with Gasteiger partial charge in [0, 0.05) is 43.8 Å². The molecule has 6 nitrogen and oxygen atoms in total. The molecule has 11 aromatic carbocycles. The third kappa shape index (κ3) is 6.45. The third-order valence-corrected chi connectivity index (χ3v) is 13.5. The summed E-state index contributed by atoms with van der Waals surface area (Å²) in [5, 5.41) is 11.2. The van der Waals surface area contributed by atoms with E-state index in [-0.39, 0.29) is 0 Å². The van der Waals surface area contributed by atoms with Crippen molar-refractivity contribution in [2.24, 2.45) is 0 Å². The molecule has 0 atom stereocenters. The summed E-state index contributed by atoms with van der Waals surface area (Å²) in [6.45, 7) is 0. The minimum absolute atomic E-state index is 0.541. The number of nitrogens with zero attached hydrogens (tertiary/aromatic N) is 5. The van der Waals surface area contributed by atoms with Crippen molar-refractivity contribution in [1.29, 1.82) is 0 Å². The van der Waals surface area contributed by atoms with E-state index in [0.29, 0.717) is 17.5 Å². The van der Waals surface area contributed by atoms with Gasteiger partial charge in [-0.2, -0.15) is 0 Å². The van der Waals surface area contributed by atoms with E-state index in [0.717, 1.165) is 115 Å². The van der Waals surface area contributed by atoms with Crippen molar-refractivity contribution >= 4 is 76.1 Å². The summed E-state index contributed by atoms with van der Waals surface area (Å²) < 4.78 is 6.47. The first-order valence-corrected chi connectivity index (χ1v) is 23.1. The molecule has 14 rings (SSSR count). The number of benzene rings is 11. The van der Waals surface area contributed by atoms with Gasteiger partial charge in [0.2, 0.25) is 0 Å². The van der Waals surface area contributed by atoms with Crippen LogP contribution in [0.2, 0.25) is 0 Å². The van der Waals surface area contributed by atoms with Crippen LogP contribution in [0.5, 0.6) is 0 Å². The summed E-state index contributed by atoms with van der Waals surface area (Å²) in [6, 6.07) is 76.1. The monoisotopic (exact) mass is 879 g/mol. The van der Waals surface area contributed by atoms with Gasteiger partial charge in [0.1, 0.15) is 11.2 Å². The maximum Gasteiger partial charge on any atom is 0.164 e. The predicted molar refractivity (Wildman–Crippen MR) is 283 cm³/mol. The van der Waals surface area contributed by atoms with E-state index in [1.54, 1.807) is 0 Å². The summed E-state index contributed by atoms with van der Waals surface area (Å²) in [7, 11) is 0. The average Bonchev–Trinajstić information content (AvgIpc) is 3.81. The summed E-state index contributed by atoms with van der Waals surface area (Å²) in [5.74, 6) is 1.67. The van der Waals surface area contributed by atoms with Crippen molar-refractivity contribution in [3.63, 3.8) is 0 Å². The Morgan fingerprint density at radius 1 is 0.290 bits per heavy atom. The number of rotatable bonds is 6. The van der Waals surface area contributed by atoms with Gasteiger partial charge in [-0.05, 0) is 103 Å². The maximum absolute atomic E-state index is 6.47. The van der Waals surface area contributed by atoms with Gasteiger partial charge in [-0.15, -0.1) is 0 Å². The highest BCUT2D eigenvalue weighted by atomic mass is 16.3. The molecular formula is C63H37N5O. The quantitative estimate of drug-likeness (QED) is 0.155. The van der Waals surface area contributed by atoms with Crippen LogP contribution in [-0.2, 0) is 0 Å². The van der Waals surface area contributed by atoms with Crippen LogP contribution < -0.4 is 0 Å². The van der Waals surface area contributed by atoms with E-state index in [1.165, 1.54) is 10.8 Å². The van der Waals surface area contributed by atoms with Crippen LogP contribution >= 0.6 is 0 Å². The average molecular weight is 880 g/mol. The molecule has 0 fully saturated rings. The van der Waals surface area contributed by atoms with Gasteiger partial charge in [-0.3, -0.25) is 4.98 Å². The van der Waals surface area contributed by atoms with E-state index >= 15 is 0 Å². The van der Waals surface area contributed by atoms with E-state index < -0.39 is 0 Å². The summed E-state index contributed by atoms with van der Waals surface area (Å²) >= 11 is 0. The van der Waals surface area contributed by atoms with Gasteiger partial charge < -0.3 is 4.42 Å². The van der Waals surface area contributed by atoms with Gasteiger partial charge in [-0.1, -0.05) is 170 Å². The zero-order valence-electron chi connectivity index (χ0n) is 37.0. The minimum atomic E-state index is 0.541. The molecular weight excluding hydrogens is 843 g/mol. The smallest absolute Gasteiger partial charge is 0.164 e. The van der Waals surface area contributed by atoms with Crippen LogP contribution in [0.4, 0.5) is 0 Å². The van der Waals surface area contributed by atoms with E-state index in [9.17, 15) is 0 Å². The lowest BCUT2D eigenvalue weighted by molar-refractivity contribution is 0.669. The Morgan fingerprint density at radius 3 is 1.59 bits per heavy atom. The first-order chi connectivity index (χ1) is 34.2. The largest absolute Gasteiger partial charge is 0.456 e. The summed E-state index contributed by atoms with van der Waals surface area (Å²) in [5.41, 5.74) is 11.9. The molecule has 0 radical (unpaired) electrons. The number of aromatic nitrogens is 5. The molecule has 6 heteroatoms. The lowest BCUT2D eigenvalue weighted by Gasteiger charge is -2.15. The second kappa shape index (κ2) is 15.6. The molecule has 0 N–H and O–H groups in total. The normalized spacial score (nSPS) is 11.8. The van der Waals surface area contributed by atoms with Crippen LogP contribution in [0.15, 0.2) is 229 Å². The Kier molecular flexibility index (Phi) is 8.79. The Morgan fingerprint density at radius 2 is 0.855 bits per heavy atom. The molecule has 0 aliphatic rings. The van der Waals surface area contributed by atoms with Gasteiger partial charge in [0.05, 0.1) is 22.9 Å². The fraction of sp³-hybridized carbons (Fsp3) is 0. The highest BCUT2D eigenvalue weighted by molar-refractivity contribution is 6.23. The molecule has 320 valence electrons. The first-order valence-electron chi connectivity index (χ1n) is 23.1. The molecule has 3 heterocycles. The summed E-state index contributed by atoms with van der Waals surface area (Å²) in [6.07, 6.45) is 1.91. The molecule has 0 amide bonds. The maximum atomic E-state index is 6.47. The Labute approximate surface area is 395 Å². The SMILES string of the molecule is c1ccc(-c2nc(-c3cc(-c4cnc5c6ccccc6c6ccccc6c5n4)cc(-c4cc5ccccc5c5ccccc45)c3)nc(-c3ccc4oc5cccc(-c6ccccc6)c5c4c3)n2)cc1. The van der Waals surface area contributed by atoms with Crippen molar-refractivity contribution in [2.75, 3.05) is 0 Å². The molecule has 14 aromatic rings.